The summed E-state index contributed by atoms with van der Waals surface area (Å²) < 4.78 is 6.32. The minimum absolute atomic E-state index is 0.278. The van der Waals surface area contributed by atoms with Gasteiger partial charge in [0.25, 0.3) is 5.91 Å². The summed E-state index contributed by atoms with van der Waals surface area (Å²) in [6.07, 6.45) is 1.43. The molecule has 2 aromatic rings. The highest BCUT2D eigenvalue weighted by molar-refractivity contribution is 9.10. The van der Waals surface area contributed by atoms with Crippen molar-refractivity contribution in [2.24, 2.45) is 10.7 Å². The lowest BCUT2D eigenvalue weighted by molar-refractivity contribution is 0.102. The van der Waals surface area contributed by atoms with Crippen molar-refractivity contribution in [2.45, 2.75) is 12.5 Å². The standard InChI is InChI=1S/C17H16BrClN4O2/c1-17(9-25-8-15(20)23-17)10-4-11(18)6-13(5-10)22-16(24)14-3-2-12(19)7-21-14/h2-7H,8-9H2,1H3,(H2,20,23)(H,22,24)/t17-/m0/s1. The zero-order valence-electron chi connectivity index (χ0n) is 13.4. The average molecular weight is 424 g/mol. The number of amides is 1. The van der Waals surface area contributed by atoms with E-state index in [2.05, 4.69) is 31.2 Å². The number of pyridine rings is 1. The number of carbonyl (C=O) groups is 1. The van der Waals surface area contributed by atoms with Crippen LogP contribution in [0.3, 0.4) is 0 Å². The van der Waals surface area contributed by atoms with E-state index in [1.54, 1.807) is 18.2 Å². The largest absolute Gasteiger partial charge is 0.386 e. The van der Waals surface area contributed by atoms with Crippen molar-refractivity contribution in [3.63, 3.8) is 0 Å². The Morgan fingerprint density at radius 1 is 1.40 bits per heavy atom. The molecule has 3 rings (SSSR count). The topological polar surface area (TPSA) is 89.6 Å². The van der Waals surface area contributed by atoms with Crippen molar-refractivity contribution in [3.05, 3.63) is 57.3 Å². The molecule has 1 aliphatic rings. The van der Waals surface area contributed by atoms with Gasteiger partial charge in [-0.15, -0.1) is 0 Å². The number of amidine groups is 1. The van der Waals surface area contributed by atoms with Gasteiger partial charge in [0, 0.05) is 16.4 Å². The van der Waals surface area contributed by atoms with Gasteiger partial charge in [0.2, 0.25) is 0 Å². The molecule has 25 heavy (non-hydrogen) atoms. The number of rotatable bonds is 3. The number of carbonyl (C=O) groups excluding carboxylic acids is 1. The first-order valence-electron chi connectivity index (χ1n) is 7.52. The SMILES string of the molecule is C[C@@]1(c2cc(Br)cc(NC(=O)c3ccc(Cl)cn3)c2)COCC(N)=N1. The maximum Gasteiger partial charge on any atom is 0.274 e. The summed E-state index contributed by atoms with van der Waals surface area (Å²) in [5.74, 6) is 0.124. The molecule has 2 heterocycles. The van der Waals surface area contributed by atoms with Crippen LogP contribution in [-0.2, 0) is 10.3 Å². The molecule has 130 valence electrons. The third kappa shape index (κ3) is 4.18. The molecule has 1 atom stereocenters. The molecule has 6 nitrogen and oxygen atoms in total. The minimum atomic E-state index is -0.607. The fourth-order valence-corrected chi connectivity index (χ4v) is 3.17. The summed E-state index contributed by atoms with van der Waals surface area (Å²) in [4.78, 5) is 20.9. The molecule has 8 heteroatoms. The van der Waals surface area contributed by atoms with Crippen LogP contribution < -0.4 is 11.1 Å². The smallest absolute Gasteiger partial charge is 0.274 e. The number of aliphatic imine (C=N–C) groups is 1. The number of hydrogen-bond acceptors (Lipinski definition) is 5. The van der Waals surface area contributed by atoms with Crippen LogP contribution in [0.25, 0.3) is 0 Å². The number of benzene rings is 1. The van der Waals surface area contributed by atoms with E-state index in [0.717, 1.165) is 10.0 Å². The number of halogens is 2. The third-order valence-corrected chi connectivity index (χ3v) is 4.44. The lowest BCUT2D eigenvalue weighted by Crippen LogP contribution is -2.37. The Morgan fingerprint density at radius 2 is 2.20 bits per heavy atom. The number of nitrogens with two attached hydrogens (primary N) is 1. The Morgan fingerprint density at radius 3 is 2.88 bits per heavy atom. The molecule has 0 saturated heterocycles. The molecule has 1 aromatic heterocycles. The highest BCUT2D eigenvalue weighted by Crippen LogP contribution is 2.32. The van der Waals surface area contributed by atoms with Crippen LogP contribution >= 0.6 is 27.5 Å². The number of anilines is 1. The van der Waals surface area contributed by atoms with Gasteiger partial charge in [-0.3, -0.25) is 9.79 Å². The zero-order valence-corrected chi connectivity index (χ0v) is 15.8. The van der Waals surface area contributed by atoms with Gasteiger partial charge in [-0.2, -0.15) is 0 Å². The monoisotopic (exact) mass is 422 g/mol. The second kappa shape index (κ2) is 7.11. The number of nitrogens with one attached hydrogen (secondary N) is 1. The molecule has 0 aliphatic carbocycles. The van der Waals surface area contributed by atoms with E-state index < -0.39 is 5.54 Å². The molecule has 0 spiro atoms. The van der Waals surface area contributed by atoms with Crippen LogP contribution in [-0.4, -0.2) is 29.9 Å². The normalized spacial score (nSPS) is 20.0. The molecular weight excluding hydrogens is 408 g/mol. The maximum absolute atomic E-state index is 12.4. The van der Waals surface area contributed by atoms with Gasteiger partial charge in [-0.25, -0.2) is 4.98 Å². The highest BCUT2D eigenvalue weighted by atomic mass is 79.9. The van der Waals surface area contributed by atoms with Crippen LogP contribution in [0.2, 0.25) is 5.02 Å². The van der Waals surface area contributed by atoms with Crippen molar-refractivity contribution in [3.8, 4) is 0 Å². The lowest BCUT2D eigenvalue weighted by Gasteiger charge is -2.30. The fraction of sp³-hybridized carbons (Fsp3) is 0.235. The van der Waals surface area contributed by atoms with Crippen LogP contribution in [0.5, 0.6) is 0 Å². The summed E-state index contributed by atoms with van der Waals surface area (Å²) in [6.45, 7) is 2.68. The Labute approximate surface area is 158 Å². The van der Waals surface area contributed by atoms with Gasteiger partial charge in [0.15, 0.2) is 0 Å². The molecule has 1 aromatic carbocycles. The van der Waals surface area contributed by atoms with Crippen LogP contribution in [0.1, 0.15) is 23.0 Å². The number of aromatic nitrogens is 1. The Kier molecular flexibility index (Phi) is 5.08. The van der Waals surface area contributed by atoms with E-state index in [-0.39, 0.29) is 11.6 Å². The maximum atomic E-state index is 12.4. The summed E-state index contributed by atoms with van der Waals surface area (Å²) in [6, 6.07) is 8.77. The van der Waals surface area contributed by atoms with Crippen LogP contribution in [0.4, 0.5) is 5.69 Å². The molecule has 1 amide bonds. The van der Waals surface area contributed by atoms with Gasteiger partial charge in [0.1, 0.15) is 23.7 Å². The zero-order chi connectivity index (χ0) is 18.0. The van der Waals surface area contributed by atoms with Crippen molar-refractivity contribution in [2.75, 3.05) is 18.5 Å². The Balaban J connectivity index is 1.88. The van der Waals surface area contributed by atoms with Crippen LogP contribution in [0, 0.1) is 0 Å². The fourth-order valence-electron chi connectivity index (χ4n) is 2.56. The summed E-state index contributed by atoms with van der Waals surface area (Å²) in [5, 5.41) is 3.31. The van der Waals surface area contributed by atoms with E-state index in [1.165, 1.54) is 6.20 Å². The second-order valence-electron chi connectivity index (χ2n) is 5.91. The van der Waals surface area contributed by atoms with Crippen molar-refractivity contribution < 1.29 is 9.53 Å². The molecule has 0 radical (unpaired) electrons. The third-order valence-electron chi connectivity index (χ3n) is 3.76. The van der Waals surface area contributed by atoms with Gasteiger partial charge >= 0.3 is 0 Å². The first-order valence-corrected chi connectivity index (χ1v) is 8.69. The van der Waals surface area contributed by atoms with E-state index in [1.807, 2.05) is 19.1 Å². The Bertz CT molecular complexity index is 841. The van der Waals surface area contributed by atoms with Gasteiger partial charge in [-0.1, -0.05) is 27.5 Å². The number of ether oxygens (including phenoxy) is 1. The minimum Gasteiger partial charge on any atom is -0.386 e. The molecule has 0 bridgehead atoms. The van der Waals surface area contributed by atoms with Crippen molar-refractivity contribution in [1.82, 2.24) is 4.98 Å². The first kappa shape index (κ1) is 17.8. The molecular formula is C17H16BrClN4O2. The average Bonchev–Trinajstić information content (AvgIpc) is 2.54. The quantitative estimate of drug-likeness (QED) is 0.792. The molecule has 0 fully saturated rings. The van der Waals surface area contributed by atoms with Crippen LogP contribution in [0.15, 0.2) is 46.0 Å². The van der Waals surface area contributed by atoms with Gasteiger partial charge in [0.05, 0.1) is 11.6 Å². The molecule has 0 unspecified atom stereocenters. The van der Waals surface area contributed by atoms with Gasteiger partial charge < -0.3 is 15.8 Å². The first-order chi connectivity index (χ1) is 11.9. The molecule has 0 saturated carbocycles. The summed E-state index contributed by atoms with van der Waals surface area (Å²) in [5.41, 5.74) is 6.98. The van der Waals surface area contributed by atoms with E-state index in [4.69, 9.17) is 22.1 Å². The lowest BCUT2D eigenvalue weighted by atomic mass is 9.92. The predicted octanol–water partition coefficient (Wildman–Crippen LogP) is 3.35. The number of hydrogen-bond donors (Lipinski definition) is 2. The predicted molar refractivity (Wildman–Crippen MR) is 101 cm³/mol. The van der Waals surface area contributed by atoms with Crippen molar-refractivity contribution >= 4 is 45.0 Å². The van der Waals surface area contributed by atoms with E-state index in [9.17, 15) is 4.79 Å². The van der Waals surface area contributed by atoms with E-state index in [0.29, 0.717) is 29.8 Å². The molecule has 3 N–H and O–H groups in total. The number of nitrogens with zero attached hydrogens (tertiary/aromatic N) is 2. The highest BCUT2D eigenvalue weighted by Gasteiger charge is 2.30. The summed E-state index contributed by atoms with van der Waals surface area (Å²) in [7, 11) is 0. The Hall–Kier alpha value is -1.96. The van der Waals surface area contributed by atoms with Crippen molar-refractivity contribution in [1.29, 1.82) is 0 Å². The van der Waals surface area contributed by atoms with Gasteiger partial charge in [-0.05, 0) is 42.8 Å². The molecule has 1 aliphatic heterocycles. The second-order valence-corrected chi connectivity index (χ2v) is 7.27. The van der Waals surface area contributed by atoms with E-state index >= 15 is 0 Å². The summed E-state index contributed by atoms with van der Waals surface area (Å²) >= 11 is 9.27.